The molecule has 0 radical (unpaired) electrons. The van der Waals surface area contributed by atoms with Crippen LogP contribution in [0.1, 0.15) is 24.5 Å². The van der Waals surface area contributed by atoms with Gasteiger partial charge in [-0.15, -0.1) is 12.4 Å². The van der Waals surface area contributed by atoms with Crippen molar-refractivity contribution in [1.82, 2.24) is 10.6 Å². The predicted molar refractivity (Wildman–Crippen MR) is 83.8 cm³/mol. The molecule has 1 amide bonds. The standard InChI is InChI=1S/C15H22N2O3.ClH/c1-20-14-5-3-2-4-12(14)13(18)10-17-15(19)11-6-8-16-9-7-11;/h2-5,11,13,16,18H,6-10H2,1H3,(H,17,19);1H. The highest BCUT2D eigenvalue weighted by atomic mass is 35.5. The zero-order valence-electron chi connectivity index (χ0n) is 12.2. The van der Waals surface area contributed by atoms with Crippen molar-refractivity contribution in [3.8, 4) is 5.75 Å². The SMILES string of the molecule is COc1ccccc1C(O)CNC(=O)C1CCNCC1.Cl. The Morgan fingerprint density at radius 3 is 2.76 bits per heavy atom. The Labute approximate surface area is 131 Å². The first-order valence-corrected chi connectivity index (χ1v) is 7.01. The minimum atomic E-state index is -0.753. The van der Waals surface area contributed by atoms with Crippen molar-refractivity contribution in [2.24, 2.45) is 5.92 Å². The smallest absolute Gasteiger partial charge is 0.223 e. The second-order valence-electron chi connectivity index (χ2n) is 5.03. The second-order valence-corrected chi connectivity index (χ2v) is 5.03. The van der Waals surface area contributed by atoms with Gasteiger partial charge in [-0.25, -0.2) is 0 Å². The van der Waals surface area contributed by atoms with E-state index >= 15 is 0 Å². The average molecular weight is 315 g/mol. The number of rotatable bonds is 5. The summed E-state index contributed by atoms with van der Waals surface area (Å²) >= 11 is 0. The highest BCUT2D eigenvalue weighted by molar-refractivity contribution is 5.85. The maximum Gasteiger partial charge on any atom is 0.223 e. The van der Waals surface area contributed by atoms with E-state index in [1.54, 1.807) is 19.2 Å². The molecule has 5 nitrogen and oxygen atoms in total. The van der Waals surface area contributed by atoms with E-state index in [2.05, 4.69) is 10.6 Å². The molecule has 1 aliphatic heterocycles. The summed E-state index contributed by atoms with van der Waals surface area (Å²) in [4.78, 5) is 12.0. The topological polar surface area (TPSA) is 70.6 Å². The predicted octanol–water partition coefficient (Wildman–Crippen LogP) is 1.27. The van der Waals surface area contributed by atoms with E-state index < -0.39 is 6.10 Å². The molecule has 118 valence electrons. The Bertz CT molecular complexity index is 450. The third kappa shape index (κ3) is 4.88. The fraction of sp³-hybridized carbons (Fsp3) is 0.533. The number of amides is 1. The zero-order valence-corrected chi connectivity index (χ0v) is 13.0. The Morgan fingerprint density at radius 1 is 1.43 bits per heavy atom. The van der Waals surface area contributed by atoms with Gasteiger partial charge in [0.05, 0.1) is 13.2 Å². The average Bonchev–Trinajstić information content (AvgIpc) is 2.53. The van der Waals surface area contributed by atoms with Crippen LogP contribution in [0.15, 0.2) is 24.3 Å². The van der Waals surface area contributed by atoms with Crippen LogP contribution in [0.4, 0.5) is 0 Å². The van der Waals surface area contributed by atoms with Crippen LogP contribution in [-0.4, -0.2) is 37.8 Å². The lowest BCUT2D eigenvalue weighted by Gasteiger charge is -2.23. The van der Waals surface area contributed by atoms with Crippen LogP contribution < -0.4 is 15.4 Å². The normalized spacial score (nSPS) is 16.7. The quantitative estimate of drug-likeness (QED) is 0.765. The first kappa shape index (κ1) is 17.8. The molecule has 1 aliphatic rings. The van der Waals surface area contributed by atoms with Crippen molar-refractivity contribution in [2.45, 2.75) is 18.9 Å². The summed E-state index contributed by atoms with van der Waals surface area (Å²) in [7, 11) is 1.57. The van der Waals surface area contributed by atoms with Crippen molar-refractivity contribution in [3.63, 3.8) is 0 Å². The van der Waals surface area contributed by atoms with Crippen LogP contribution in [-0.2, 0) is 4.79 Å². The third-order valence-electron chi connectivity index (χ3n) is 3.68. The first-order valence-electron chi connectivity index (χ1n) is 7.01. The first-order chi connectivity index (χ1) is 9.72. The number of carbonyl (C=O) groups is 1. The van der Waals surface area contributed by atoms with E-state index in [0.717, 1.165) is 25.9 Å². The van der Waals surface area contributed by atoms with Crippen LogP contribution >= 0.6 is 12.4 Å². The van der Waals surface area contributed by atoms with Crippen molar-refractivity contribution in [2.75, 3.05) is 26.7 Å². The van der Waals surface area contributed by atoms with E-state index in [9.17, 15) is 9.90 Å². The summed E-state index contributed by atoms with van der Waals surface area (Å²) in [5.41, 5.74) is 0.695. The molecule has 21 heavy (non-hydrogen) atoms. The van der Waals surface area contributed by atoms with Crippen molar-refractivity contribution in [3.05, 3.63) is 29.8 Å². The monoisotopic (exact) mass is 314 g/mol. The van der Waals surface area contributed by atoms with Gasteiger partial charge in [-0.2, -0.15) is 0 Å². The molecule has 1 atom stereocenters. The molecule has 0 bridgehead atoms. The van der Waals surface area contributed by atoms with Gasteiger partial charge in [0.15, 0.2) is 0 Å². The molecular formula is C15H23ClN2O3. The summed E-state index contributed by atoms with van der Waals surface area (Å²) in [5.74, 6) is 0.720. The Kier molecular flexibility index (Phi) is 7.50. The molecule has 1 heterocycles. The van der Waals surface area contributed by atoms with Gasteiger partial charge in [-0.3, -0.25) is 4.79 Å². The van der Waals surface area contributed by atoms with Crippen molar-refractivity contribution >= 4 is 18.3 Å². The number of aliphatic hydroxyl groups is 1. The molecule has 0 saturated carbocycles. The number of ether oxygens (including phenoxy) is 1. The van der Waals surface area contributed by atoms with Crippen LogP contribution in [0.5, 0.6) is 5.75 Å². The van der Waals surface area contributed by atoms with E-state index in [1.165, 1.54) is 0 Å². The number of hydrogen-bond donors (Lipinski definition) is 3. The Balaban J connectivity index is 0.00000220. The lowest BCUT2D eigenvalue weighted by Crippen LogP contribution is -2.39. The molecule has 0 spiro atoms. The van der Waals surface area contributed by atoms with Gasteiger partial charge < -0.3 is 20.5 Å². The lowest BCUT2D eigenvalue weighted by molar-refractivity contribution is -0.126. The third-order valence-corrected chi connectivity index (χ3v) is 3.68. The number of benzene rings is 1. The highest BCUT2D eigenvalue weighted by Crippen LogP contribution is 2.24. The van der Waals surface area contributed by atoms with Gasteiger partial charge in [-0.05, 0) is 32.0 Å². The van der Waals surface area contributed by atoms with E-state index in [1.807, 2.05) is 12.1 Å². The summed E-state index contributed by atoms with van der Waals surface area (Å²) in [6, 6.07) is 7.30. The van der Waals surface area contributed by atoms with Gasteiger partial charge in [-0.1, -0.05) is 18.2 Å². The zero-order chi connectivity index (χ0) is 14.4. The molecule has 1 aromatic rings. The van der Waals surface area contributed by atoms with Gasteiger partial charge in [0.2, 0.25) is 5.91 Å². The molecule has 0 aromatic heterocycles. The molecule has 1 fully saturated rings. The summed E-state index contributed by atoms with van der Waals surface area (Å²) in [5, 5.41) is 16.2. The number of para-hydroxylation sites is 1. The molecule has 3 N–H and O–H groups in total. The number of nitrogens with one attached hydrogen (secondary N) is 2. The fourth-order valence-electron chi connectivity index (χ4n) is 2.48. The second kappa shape index (κ2) is 8.87. The Hall–Kier alpha value is -1.30. The summed E-state index contributed by atoms with van der Waals surface area (Å²) in [6.07, 6.45) is 0.963. The molecule has 2 rings (SSSR count). The molecule has 6 heteroatoms. The number of methoxy groups -OCH3 is 1. The summed E-state index contributed by atoms with van der Waals surface area (Å²) in [6.45, 7) is 1.98. The molecule has 1 aromatic carbocycles. The van der Waals surface area contributed by atoms with E-state index in [4.69, 9.17) is 4.74 Å². The van der Waals surface area contributed by atoms with E-state index in [0.29, 0.717) is 11.3 Å². The number of aliphatic hydroxyl groups excluding tert-OH is 1. The number of halogens is 1. The molecular weight excluding hydrogens is 292 g/mol. The minimum Gasteiger partial charge on any atom is -0.496 e. The Morgan fingerprint density at radius 2 is 2.10 bits per heavy atom. The number of hydrogen-bond acceptors (Lipinski definition) is 4. The fourth-order valence-corrected chi connectivity index (χ4v) is 2.48. The van der Waals surface area contributed by atoms with Gasteiger partial charge in [0, 0.05) is 18.0 Å². The molecule has 1 saturated heterocycles. The van der Waals surface area contributed by atoms with Gasteiger partial charge in [0.1, 0.15) is 5.75 Å². The van der Waals surface area contributed by atoms with E-state index in [-0.39, 0.29) is 30.8 Å². The highest BCUT2D eigenvalue weighted by Gasteiger charge is 2.22. The number of carbonyl (C=O) groups excluding carboxylic acids is 1. The lowest BCUT2D eigenvalue weighted by atomic mass is 9.97. The van der Waals surface area contributed by atoms with Crippen molar-refractivity contribution < 1.29 is 14.6 Å². The van der Waals surface area contributed by atoms with Gasteiger partial charge in [0.25, 0.3) is 0 Å². The minimum absolute atomic E-state index is 0. The maximum absolute atomic E-state index is 12.0. The molecule has 0 aliphatic carbocycles. The molecule has 1 unspecified atom stereocenters. The van der Waals surface area contributed by atoms with Crippen LogP contribution in [0, 0.1) is 5.92 Å². The van der Waals surface area contributed by atoms with Crippen molar-refractivity contribution in [1.29, 1.82) is 0 Å². The van der Waals surface area contributed by atoms with Gasteiger partial charge >= 0.3 is 0 Å². The maximum atomic E-state index is 12.0. The van der Waals surface area contributed by atoms with Crippen LogP contribution in [0.2, 0.25) is 0 Å². The largest absolute Gasteiger partial charge is 0.496 e. The summed E-state index contributed by atoms with van der Waals surface area (Å²) < 4.78 is 5.21. The van der Waals surface area contributed by atoms with Crippen LogP contribution in [0.25, 0.3) is 0 Å². The number of piperidine rings is 1. The van der Waals surface area contributed by atoms with Crippen LogP contribution in [0.3, 0.4) is 0 Å².